The molecule has 1 saturated carbocycles. The molecule has 1 N–H and O–H groups in total. The summed E-state index contributed by atoms with van der Waals surface area (Å²) in [5.41, 5.74) is 5.17. The van der Waals surface area contributed by atoms with Crippen LogP contribution in [-0.2, 0) is 18.3 Å². The van der Waals surface area contributed by atoms with Gasteiger partial charge in [0.1, 0.15) is 0 Å². The molecule has 1 heteroatoms. The molecule has 76 valence electrons. The van der Waals surface area contributed by atoms with Gasteiger partial charge in [0, 0.05) is 16.8 Å². The quantitative estimate of drug-likeness (QED) is 0.697. The molecule has 0 bridgehead atoms. The number of hydrogen-bond donors (Lipinski definition) is 1. The van der Waals surface area contributed by atoms with Crippen molar-refractivity contribution in [3.8, 4) is 0 Å². The van der Waals surface area contributed by atoms with Crippen molar-refractivity contribution >= 4 is 0 Å². The van der Waals surface area contributed by atoms with Crippen LogP contribution in [0.25, 0.3) is 0 Å². The lowest BCUT2D eigenvalue weighted by Gasteiger charge is -2.37. The Balaban J connectivity index is 1.95. The van der Waals surface area contributed by atoms with Crippen molar-refractivity contribution in [1.82, 2.24) is 4.98 Å². The number of aromatic nitrogens is 1. The topological polar surface area (TPSA) is 15.8 Å². The molecular formula is C13H19N. The number of aryl methyl sites for hydroxylation is 2. The Bertz CT molecular complexity index is 321. The van der Waals surface area contributed by atoms with Crippen LogP contribution in [0.2, 0.25) is 0 Å². The average Bonchev–Trinajstić information content (AvgIpc) is 2.57. The number of aromatic amines is 1. The van der Waals surface area contributed by atoms with Crippen LogP contribution in [0, 0.1) is 0 Å². The highest BCUT2D eigenvalue weighted by Gasteiger charge is 2.35. The van der Waals surface area contributed by atoms with Gasteiger partial charge < -0.3 is 4.98 Å². The molecule has 0 spiro atoms. The molecule has 0 unspecified atom stereocenters. The largest absolute Gasteiger partial charge is 0.362 e. The molecule has 2 aliphatic rings. The second-order valence-electron chi connectivity index (χ2n) is 5.31. The third kappa shape index (κ3) is 1.14. The van der Waals surface area contributed by atoms with Crippen molar-refractivity contribution in [2.45, 2.75) is 57.3 Å². The Morgan fingerprint density at radius 2 is 1.93 bits per heavy atom. The minimum absolute atomic E-state index is 0.497. The monoisotopic (exact) mass is 189 g/mol. The number of fused-ring (bicyclic) bond motifs is 1. The summed E-state index contributed by atoms with van der Waals surface area (Å²) in [7, 11) is 0. The molecule has 0 radical (unpaired) electrons. The van der Waals surface area contributed by atoms with E-state index in [9.17, 15) is 0 Å². The van der Waals surface area contributed by atoms with Crippen LogP contribution in [0.5, 0.6) is 0 Å². The fraction of sp³-hybridized carbons (Fsp3) is 0.692. The standard InChI is InChI=1S/C13H19N/c1-13(7-4-8-13)12-9-10-5-2-3-6-11(10)14-12/h9,14H,2-8H2,1H3. The average molecular weight is 189 g/mol. The summed E-state index contributed by atoms with van der Waals surface area (Å²) in [4.78, 5) is 3.68. The van der Waals surface area contributed by atoms with E-state index in [1.807, 2.05) is 0 Å². The second-order valence-corrected chi connectivity index (χ2v) is 5.31. The molecule has 0 amide bonds. The molecular weight excluding hydrogens is 170 g/mol. The molecule has 1 nitrogen and oxygen atoms in total. The van der Waals surface area contributed by atoms with Crippen LogP contribution in [0.4, 0.5) is 0 Å². The van der Waals surface area contributed by atoms with E-state index >= 15 is 0 Å². The predicted octanol–water partition coefficient (Wildman–Crippen LogP) is 3.34. The van der Waals surface area contributed by atoms with Gasteiger partial charge in [-0.2, -0.15) is 0 Å². The summed E-state index contributed by atoms with van der Waals surface area (Å²) in [5, 5.41) is 0. The molecule has 1 aromatic rings. The fourth-order valence-electron chi connectivity index (χ4n) is 2.91. The van der Waals surface area contributed by atoms with E-state index in [1.165, 1.54) is 50.6 Å². The van der Waals surface area contributed by atoms with Crippen molar-refractivity contribution < 1.29 is 0 Å². The Morgan fingerprint density at radius 1 is 1.14 bits per heavy atom. The van der Waals surface area contributed by atoms with Gasteiger partial charge >= 0.3 is 0 Å². The maximum atomic E-state index is 3.68. The molecule has 0 atom stereocenters. The van der Waals surface area contributed by atoms with Gasteiger partial charge in [-0.1, -0.05) is 13.3 Å². The first-order chi connectivity index (χ1) is 6.78. The Morgan fingerprint density at radius 3 is 2.57 bits per heavy atom. The van der Waals surface area contributed by atoms with Gasteiger partial charge in [-0.15, -0.1) is 0 Å². The maximum Gasteiger partial charge on any atom is 0.0212 e. The Hall–Kier alpha value is -0.720. The van der Waals surface area contributed by atoms with Crippen LogP contribution >= 0.6 is 0 Å². The lowest BCUT2D eigenvalue weighted by molar-refractivity contribution is 0.265. The Labute approximate surface area is 85.9 Å². The number of hydrogen-bond acceptors (Lipinski definition) is 0. The summed E-state index contributed by atoms with van der Waals surface area (Å²) in [5.74, 6) is 0. The summed E-state index contributed by atoms with van der Waals surface area (Å²) >= 11 is 0. The van der Waals surface area contributed by atoms with Crippen molar-refractivity contribution in [3.63, 3.8) is 0 Å². The van der Waals surface area contributed by atoms with Gasteiger partial charge in [-0.3, -0.25) is 0 Å². The molecule has 3 rings (SSSR count). The van der Waals surface area contributed by atoms with E-state index in [4.69, 9.17) is 0 Å². The molecule has 0 aromatic carbocycles. The van der Waals surface area contributed by atoms with Crippen LogP contribution < -0.4 is 0 Å². The van der Waals surface area contributed by atoms with Gasteiger partial charge in [-0.05, 0) is 50.2 Å². The zero-order valence-electron chi connectivity index (χ0n) is 9.03. The van der Waals surface area contributed by atoms with Crippen LogP contribution in [0.3, 0.4) is 0 Å². The van der Waals surface area contributed by atoms with E-state index in [1.54, 1.807) is 11.3 Å². The first-order valence-corrected chi connectivity index (χ1v) is 5.99. The first kappa shape index (κ1) is 8.58. The second kappa shape index (κ2) is 2.88. The lowest BCUT2D eigenvalue weighted by atomic mass is 9.68. The zero-order valence-corrected chi connectivity index (χ0v) is 9.03. The van der Waals surface area contributed by atoms with Gasteiger partial charge in [0.25, 0.3) is 0 Å². The van der Waals surface area contributed by atoms with Gasteiger partial charge in [-0.25, -0.2) is 0 Å². The van der Waals surface area contributed by atoms with Crippen molar-refractivity contribution in [2.75, 3.05) is 0 Å². The van der Waals surface area contributed by atoms with Crippen LogP contribution in [-0.4, -0.2) is 4.98 Å². The summed E-state index contributed by atoms with van der Waals surface area (Å²) in [6.45, 7) is 2.41. The molecule has 1 heterocycles. The highest BCUT2D eigenvalue weighted by molar-refractivity contribution is 5.33. The molecule has 0 aliphatic heterocycles. The molecule has 1 aromatic heterocycles. The Kier molecular flexibility index (Phi) is 1.77. The summed E-state index contributed by atoms with van der Waals surface area (Å²) < 4.78 is 0. The highest BCUT2D eigenvalue weighted by atomic mass is 14.8. The SMILES string of the molecule is CC1(c2cc3c([nH]2)CCCC3)CCC1. The number of H-pyrrole nitrogens is 1. The fourth-order valence-corrected chi connectivity index (χ4v) is 2.91. The maximum absolute atomic E-state index is 3.68. The minimum atomic E-state index is 0.497. The summed E-state index contributed by atoms with van der Waals surface area (Å²) in [6, 6.07) is 2.45. The number of rotatable bonds is 1. The van der Waals surface area contributed by atoms with E-state index in [0.29, 0.717) is 5.41 Å². The molecule has 1 fully saturated rings. The predicted molar refractivity (Wildman–Crippen MR) is 58.6 cm³/mol. The van der Waals surface area contributed by atoms with E-state index in [0.717, 1.165) is 0 Å². The highest BCUT2D eigenvalue weighted by Crippen LogP contribution is 2.43. The third-order valence-corrected chi connectivity index (χ3v) is 4.22. The minimum Gasteiger partial charge on any atom is -0.362 e. The molecule has 14 heavy (non-hydrogen) atoms. The first-order valence-electron chi connectivity index (χ1n) is 5.99. The molecule has 2 aliphatic carbocycles. The lowest BCUT2D eigenvalue weighted by Crippen LogP contribution is -2.30. The van der Waals surface area contributed by atoms with Gasteiger partial charge in [0.05, 0.1) is 0 Å². The zero-order chi connectivity index (χ0) is 9.60. The normalized spacial score (nSPS) is 24.1. The smallest absolute Gasteiger partial charge is 0.0212 e. The summed E-state index contributed by atoms with van der Waals surface area (Å²) in [6.07, 6.45) is 9.54. The van der Waals surface area contributed by atoms with Crippen molar-refractivity contribution in [3.05, 3.63) is 23.0 Å². The van der Waals surface area contributed by atoms with Crippen molar-refractivity contribution in [2.24, 2.45) is 0 Å². The molecule has 0 saturated heterocycles. The van der Waals surface area contributed by atoms with Crippen LogP contribution in [0.1, 0.15) is 56.0 Å². The van der Waals surface area contributed by atoms with Crippen molar-refractivity contribution in [1.29, 1.82) is 0 Å². The van der Waals surface area contributed by atoms with E-state index in [-0.39, 0.29) is 0 Å². The van der Waals surface area contributed by atoms with E-state index < -0.39 is 0 Å². The third-order valence-electron chi connectivity index (χ3n) is 4.22. The number of nitrogens with one attached hydrogen (secondary N) is 1. The van der Waals surface area contributed by atoms with Gasteiger partial charge in [0.15, 0.2) is 0 Å². The van der Waals surface area contributed by atoms with Gasteiger partial charge in [0.2, 0.25) is 0 Å². The van der Waals surface area contributed by atoms with Crippen LogP contribution in [0.15, 0.2) is 6.07 Å². The van der Waals surface area contributed by atoms with E-state index in [2.05, 4.69) is 18.0 Å².